The summed E-state index contributed by atoms with van der Waals surface area (Å²) in [5.74, 6) is 0.245. The molecule has 1 aliphatic rings. The first kappa shape index (κ1) is 23.6. The summed E-state index contributed by atoms with van der Waals surface area (Å²) in [6, 6.07) is 2.57. The molecule has 1 saturated heterocycles. The maximum atomic E-state index is 13.0. The molecule has 2 amide bonds. The van der Waals surface area contributed by atoms with Crippen molar-refractivity contribution in [3.63, 3.8) is 0 Å². The number of carbonyl (C=O) groups is 2. The first-order valence-corrected chi connectivity index (χ1v) is 9.51. The fraction of sp³-hybridized carbons (Fsp3) is 0.529. The maximum absolute atomic E-state index is 13.0. The molecule has 1 aromatic rings. The Labute approximate surface area is 166 Å². The van der Waals surface area contributed by atoms with Crippen LogP contribution in [0.4, 0.5) is 18.9 Å². The third-order valence-electron chi connectivity index (χ3n) is 4.07. The van der Waals surface area contributed by atoms with Gasteiger partial charge in [0.2, 0.25) is 11.8 Å². The predicted molar refractivity (Wildman–Crippen MR) is 103 cm³/mol. The molecule has 10 heteroatoms. The molecule has 27 heavy (non-hydrogen) atoms. The van der Waals surface area contributed by atoms with Crippen molar-refractivity contribution in [2.75, 3.05) is 16.9 Å². The highest BCUT2D eigenvalue weighted by Gasteiger charge is 2.35. The molecule has 1 fully saturated rings. The average molecular weight is 426 g/mol. The second-order valence-electron chi connectivity index (χ2n) is 6.09. The van der Waals surface area contributed by atoms with E-state index < -0.39 is 23.7 Å². The largest absolute Gasteiger partial charge is 0.416 e. The van der Waals surface area contributed by atoms with Crippen LogP contribution in [0.25, 0.3) is 0 Å². The van der Waals surface area contributed by atoms with Crippen LogP contribution in [0.3, 0.4) is 0 Å². The number of nitrogens with one attached hydrogen (secondary N) is 1. The number of unbranched alkanes of at least 4 members (excludes halogenated alkanes) is 1. The zero-order valence-corrected chi connectivity index (χ0v) is 16.5. The number of nitrogens with zero attached hydrogens (tertiary/aromatic N) is 1. The molecule has 1 heterocycles. The third-order valence-corrected chi connectivity index (χ3v) is 5.09. The lowest BCUT2D eigenvalue weighted by Gasteiger charge is -2.23. The highest BCUT2D eigenvalue weighted by atomic mass is 35.5. The number of carbonyl (C=O) groups excluding carboxylic acids is 2. The topological polar surface area (TPSA) is 75.4 Å². The van der Waals surface area contributed by atoms with Crippen LogP contribution in [0.1, 0.15) is 37.3 Å². The van der Waals surface area contributed by atoms with Crippen molar-refractivity contribution in [2.24, 2.45) is 5.73 Å². The number of nitrogens with two attached hydrogens (primary N) is 1. The van der Waals surface area contributed by atoms with Crippen LogP contribution in [0.5, 0.6) is 0 Å². The van der Waals surface area contributed by atoms with Gasteiger partial charge in [0.25, 0.3) is 0 Å². The maximum Gasteiger partial charge on any atom is 0.416 e. The van der Waals surface area contributed by atoms with Gasteiger partial charge in [-0.25, -0.2) is 0 Å². The highest BCUT2D eigenvalue weighted by Crippen LogP contribution is 2.32. The molecule has 0 saturated carbocycles. The fourth-order valence-electron chi connectivity index (χ4n) is 2.65. The SMILES string of the molecule is CCCCC(=O)N1CSCC1C(=O)Nc1cc(CN)cc(C(F)(F)F)c1.Cl. The molecular weight excluding hydrogens is 403 g/mol. The minimum Gasteiger partial charge on any atom is -0.326 e. The quantitative estimate of drug-likeness (QED) is 0.730. The summed E-state index contributed by atoms with van der Waals surface area (Å²) >= 11 is 1.45. The molecule has 3 N–H and O–H groups in total. The highest BCUT2D eigenvalue weighted by molar-refractivity contribution is 7.99. The van der Waals surface area contributed by atoms with Crippen LogP contribution in [0.2, 0.25) is 0 Å². The van der Waals surface area contributed by atoms with E-state index in [1.807, 2.05) is 6.92 Å². The Balaban J connectivity index is 0.00000364. The molecule has 0 aromatic heterocycles. The van der Waals surface area contributed by atoms with E-state index in [0.717, 1.165) is 25.0 Å². The van der Waals surface area contributed by atoms with Crippen LogP contribution in [0.15, 0.2) is 18.2 Å². The minimum absolute atomic E-state index is 0. The van der Waals surface area contributed by atoms with E-state index >= 15 is 0 Å². The molecule has 152 valence electrons. The monoisotopic (exact) mass is 425 g/mol. The summed E-state index contributed by atoms with van der Waals surface area (Å²) < 4.78 is 39.0. The molecule has 5 nitrogen and oxygen atoms in total. The van der Waals surface area contributed by atoms with Crippen molar-refractivity contribution in [3.05, 3.63) is 29.3 Å². The zero-order chi connectivity index (χ0) is 19.3. The van der Waals surface area contributed by atoms with Gasteiger partial charge in [-0.05, 0) is 30.2 Å². The smallest absolute Gasteiger partial charge is 0.326 e. The molecule has 1 atom stereocenters. The summed E-state index contributed by atoms with van der Waals surface area (Å²) in [6.45, 7) is 1.90. The van der Waals surface area contributed by atoms with Crippen molar-refractivity contribution in [3.8, 4) is 0 Å². The predicted octanol–water partition coefficient (Wildman–Crippen LogP) is 3.62. The average Bonchev–Trinajstić information content (AvgIpc) is 3.08. The Morgan fingerprint density at radius 2 is 2.04 bits per heavy atom. The van der Waals surface area contributed by atoms with Crippen molar-refractivity contribution < 1.29 is 22.8 Å². The van der Waals surface area contributed by atoms with E-state index in [1.165, 1.54) is 22.7 Å². The number of anilines is 1. The molecule has 1 aliphatic heterocycles. The number of hydrogen-bond acceptors (Lipinski definition) is 4. The number of amides is 2. The summed E-state index contributed by atoms with van der Waals surface area (Å²) in [6.07, 6.45) is -2.56. The molecule has 0 radical (unpaired) electrons. The van der Waals surface area contributed by atoms with Gasteiger partial charge in [-0.1, -0.05) is 13.3 Å². The van der Waals surface area contributed by atoms with Gasteiger partial charge in [-0.2, -0.15) is 13.2 Å². The van der Waals surface area contributed by atoms with E-state index in [1.54, 1.807) is 0 Å². The van der Waals surface area contributed by atoms with Gasteiger partial charge in [0, 0.05) is 24.4 Å². The zero-order valence-electron chi connectivity index (χ0n) is 14.8. The van der Waals surface area contributed by atoms with Gasteiger partial charge in [-0.3, -0.25) is 9.59 Å². The van der Waals surface area contributed by atoms with E-state index in [9.17, 15) is 22.8 Å². The minimum atomic E-state index is -4.53. The van der Waals surface area contributed by atoms with Crippen LogP contribution in [-0.4, -0.2) is 34.4 Å². The summed E-state index contributed by atoms with van der Waals surface area (Å²) in [5, 5.41) is 2.51. The Kier molecular flexibility index (Phi) is 8.90. The van der Waals surface area contributed by atoms with Gasteiger partial charge in [0.15, 0.2) is 0 Å². The van der Waals surface area contributed by atoms with Gasteiger partial charge in [0.1, 0.15) is 6.04 Å². The Morgan fingerprint density at radius 3 is 2.63 bits per heavy atom. The molecule has 0 bridgehead atoms. The van der Waals surface area contributed by atoms with Crippen LogP contribution in [-0.2, 0) is 22.3 Å². The van der Waals surface area contributed by atoms with E-state index in [0.29, 0.717) is 18.1 Å². The second kappa shape index (κ2) is 10.2. The fourth-order valence-corrected chi connectivity index (χ4v) is 3.83. The number of hydrogen-bond donors (Lipinski definition) is 2. The molecule has 2 rings (SSSR count). The molecular formula is C17H23ClF3N3O2S. The lowest BCUT2D eigenvalue weighted by atomic mass is 10.1. The van der Waals surface area contributed by atoms with Crippen molar-refractivity contribution in [2.45, 2.75) is 44.9 Å². The Morgan fingerprint density at radius 1 is 1.33 bits per heavy atom. The van der Waals surface area contributed by atoms with Crippen LogP contribution < -0.4 is 11.1 Å². The second-order valence-corrected chi connectivity index (χ2v) is 7.09. The summed E-state index contributed by atoms with van der Waals surface area (Å²) in [7, 11) is 0. The van der Waals surface area contributed by atoms with Crippen LogP contribution >= 0.6 is 24.2 Å². The van der Waals surface area contributed by atoms with Crippen molar-refractivity contribution in [1.82, 2.24) is 4.90 Å². The first-order valence-electron chi connectivity index (χ1n) is 8.35. The number of halogens is 4. The van der Waals surface area contributed by atoms with E-state index in [4.69, 9.17) is 5.73 Å². The first-order chi connectivity index (χ1) is 12.3. The number of rotatable bonds is 6. The number of alkyl halides is 3. The van der Waals surface area contributed by atoms with Gasteiger partial charge in [-0.15, -0.1) is 24.2 Å². The molecule has 0 aliphatic carbocycles. The molecule has 0 spiro atoms. The summed E-state index contributed by atoms with van der Waals surface area (Å²) in [5.41, 5.74) is 4.89. The molecule has 1 aromatic carbocycles. The molecule has 1 unspecified atom stereocenters. The van der Waals surface area contributed by atoms with Gasteiger partial charge in [0.05, 0.1) is 11.4 Å². The normalized spacial score (nSPS) is 16.8. The lowest BCUT2D eigenvalue weighted by molar-refractivity contribution is -0.137. The summed E-state index contributed by atoms with van der Waals surface area (Å²) in [4.78, 5) is 26.3. The van der Waals surface area contributed by atoms with Crippen molar-refractivity contribution in [1.29, 1.82) is 0 Å². The van der Waals surface area contributed by atoms with E-state index in [-0.39, 0.29) is 36.1 Å². The van der Waals surface area contributed by atoms with Gasteiger partial charge < -0.3 is 16.0 Å². The lowest BCUT2D eigenvalue weighted by Crippen LogP contribution is -2.44. The van der Waals surface area contributed by atoms with Gasteiger partial charge >= 0.3 is 6.18 Å². The Hall–Kier alpha value is -1.45. The standard InChI is InChI=1S/C17H22F3N3O2S.ClH/c1-2-3-4-15(24)23-10-26-9-14(23)16(25)22-13-6-11(8-21)5-12(7-13)17(18,19)20;/h5-7,14H,2-4,8-10,21H2,1H3,(H,22,25);1H. The number of thioether (sulfide) groups is 1. The number of benzene rings is 1. The third kappa shape index (κ3) is 6.29. The van der Waals surface area contributed by atoms with E-state index in [2.05, 4.69) is 5.32 Å². The van der Waals surface area contributed by atoms with Crippen molar-refractivity contribution >= 4 is 41.7 Å². The Bertz CT molecular complexity index is 673. The van der Waals surface area contributed by atoms with Crippen LogP contribution in [0, 0.1) is 0 Å².